The van der Waals surface area contributed by atoms with Gasteiger partial charge in [0.05, 0.1) is 30.2 Å². The number of carbonyl (C=O) groups excluding carboxylic acids is 4. The van der Waals surface area contributed by atoms with Gasteiger partial charge in [-0.15, -0.1) is 0 Å². The number of ether oxygens (including phenoxy) is 3. The Morgan fingerprint density at radius 3 is 2.38 bits per heavy atom. The Kier molecular flexibility index (Phi) is 13.4. The number of cyclic esters (lactones) is 1. The molecule has 6 atom stereocenters. The summed E-state index contributed by atoms with van der Waals surface area (Å²) in [6.45, 7) is 11.3. The third-order valence-corrected chi connectivity index (χ3v) is 9.47. The van der Waals surface area contributed by atoms with Crippen LogP contribution in [0.1, 0.15) is 77.2 Å². The van der Waals surface area contributed by atoms with Gasteiger partial charge < -0.3 is 30.2 Å². The van der Waals surface area contributed by atoms with Crippen molar-refractivity contribution in [2.45, 2.75) is 97.7 Å². The number of amides is 3. The first-order valence-corrected chi connectivity index (χ1v) is 17.7. The molecule has 2 aromatic carbocycles. The van der Waals surface area contributed by atoms with Gasteiger partial charge in [-0.2, -0.15) is 0 Å². The van der Waals surface area contributed by atoms with E-state index in [-0.39, 0.29) is 49.5 Å². The predicted molar refractivity (Wildman–Crippen MR) is 196 cm³/mol. The lowest BCUT2D eigenvalue weighted by molar-refractivity contribution is -0.157. The highest BCUT2D eigenvalue weighted by atomic mass is 35.5. The average molecular weight is 737 g/mol. The van der Waals surface area contributed by atoms with Crippen LogP contribution in [-0.2, 0) is 41.6 Å². The SMILES string of the molecule is COc1ccc(C[C@H]2NC(=O)/C=C/C[C@@H](C(C)[C@H]3O[C@@H]3c3ccc(CN=[N+]=[N-])cc3)OC(=O)[C@H](CC(C)(C)C)NC(=O)C(C)(C)CNC2=O)cc1Cl. The number of nitrogens with zero attached hydrogens (tertiary/aromatic N) is 3. The molecule has 14 heteroatoms. The topological polar surface area (TPSA) is 184 Å². The lowest BCUT2D eigenvalue weighted by Crippen LogP contribution is -2.54. The van der Waals surface area contributed by atoms with Crippen LogP contribution in [-0.4, -0.2) is 61.6 Å². The molecule has 0 spiro atoms. The average Bonchev–Trinajstić information content (AvgIpc) is 3.89. The lowest BCUT2D eigenvalue weighted by Gasteiger charge is -2.32. The van der Waals surface area contributed by atoms with Gasteiger partial charge in [0.2, 0.25) is 17.7 Å². The summed E-state index contributed by atoms with van der Waals surface area (Å²) >= 11 is 6.34. The maximum absolute atomic E-state index is 13.9. The van der Waals surface area contributed by atoms with Gasteiger partial charge in [-0.25, -0.2) is 4.79 Å². The van der Waals surface area contributed by atoms with Gasteiger partial charge >= 0.3 is 5.97 Å². The van der Waals surface area contributed by atoms with E-state index < -0.39 is 47.3 Å². The van der Waals surface area contributed by atoms with E-state index in [0.717, 1.165) is 11.1 Å². The summed E-state index contributed by atoms with van der Waals surface area (Å²) in [7, 11) is 1.50. The Morgan fingerprint density at radius 2 is 1.75 bits per heavy atom. The highest BCUT2D eigenvalue weighted by Crippen LogP contribution is 2.45. The molecule has 2 aliphatic rings. The smallest absolute Gasteiger partial charge is 0.328 e. The van der Waals surface area contributed by atoms with E-state index in [2.05, 4.69) is 26.0 Å². The molecule has 0 aliphatic carbocycles. The predicted octanol–water partition coefficient (Wildman–Crippen LogP) is 5.90. The molecule has 0 bridgehead atoms. The maximum Gasteiger partial charge on any atom is 0.328 e. The quantitative estimate of drug-likeness (QED) is 0.0941. The van der Waals surface area contributed by atoms with Crippen molar-refractivity contribution in [3.8, 4) is 5.75 Å². The number of halogens is 1. The molecule has 4 rings (SSSR count). The summed E-state index contributed by atoms with van der Waals surface area (Å²) < 4.78 is 17.5. The molecule has 1 saturated heterocycles. The van der Waals surface area contributed by atoms with E-state index >= 15 is 0 Å². The van der Waals surface area contributed by atoms with E-state index in [9.17, 15) is 19.2 Å². The molecule has 2 aromatic rings. The Balaban J connectivity index is 1.61. The number of azide groups is 1. The molecule has 1 fully saturated rings. The second-order valence-corrected chi connectivity index (χ2v) is 15.7. The first kappa shape index (κ1) is 40.2. The number of nitrogens with one attached hydrogen (secondary N) is 3. The van der Waals surface area contributed by atoms with Crippen LogP contribution in [0.15, 0.2) is 59.7 Å². The second-order valence-electron chi connectivity index (χ2n) is 15.3. The number of esters is 1. The van der Waals surface area contributed by atoms with Crippen LogP contribution >= 0.6 is 11.6 Å². The molecule has 0 aromatic heterocycles. The van der Waals surface area contributed by atoms with Crippen molar-refractivity contribution in [2.75, 3.05) is 13.7 Å². The van der Waals surface area contributed by atoms with Crippen molar-refractivity contribution in [1.82, 2.24) is 16.0 Å². The number of benzene rings is 2. The third-order valence-electron chi connectivity index (χ3n) is 9.17. The molecule has 280 valence electrons. The zero-order chi connectivity index (χ0) is 38.2. The van der Waals surface area contributed by atoms with Crippen LogP contribution in [0.3, 0.4) is 0 Å². The van der Waals surface area contributed by atoms with Crippen molar-refractivity contribution in [3.05, 3.63) is 86.8 Å². The highest BCUT2D eigenvalue weighted by molar-refractivity contribution is 6.32. The van der Waals surface area contributed by atoms with E-state index in [4.69, 9.17) is 31.3 Å². The standard InChI is InChI=1S/C38H49ClN6O7/c1-22(32-33(52-32)25-14-11-23(12-15-25)20-42-45-40)29-9-8-10-31(46)43-27(18-24-13-16-30(50-7)26(39)17-24)34(47)41-21-38(5,6)36(49)44-28(35(48)51-29)19-37(2,3)4/h8,10-17,22,27-29,32-33H,9,18-21H2,1-7H3,(H,41,47)(H,43,46)(H,44,49)/b10-8+/t22?,27-,28+,29+,32-,33-/m1/s1. The van der Waals surface area contributed by atoms with Gasteiger partial charge in [0, 0.05) is 30.2 Å². The van der Waals surface area contributed by atoms with Crippen LogP contribution in [0.25, 0.3) is 10.4 Å². The first-order valence-electron chi connectivity index (χ1n) is 17.3. The number of hydrogen-bond acceptors (Lipinski definition) is 8. The molecule has 3 N–H and O–H groups in total. The monoisotopic (exact) mass is 736 g/mol. The lowest BCUT2D eigenvalue weighted by atomic mass is 9.86. The van der Waals surface area contributed by atoms with Gasteiger partial charge in [0.15, 0.2) is 0 Å². The fraction of sp³-hybridized carbons (Fsp3) is 0.526. The number of rotatable bonds is 9. The normalized spacial score (nSPS) is 25.3. The van der Waals surface area contributed by atoms with Crippen LogP contribution in [0.2, 0.25) is 5.02 Å². The van der Waals surface area contributed by atoms with Crippen molar-refractivity contribution in [3.63, 3.8) is 0 Å². The van der Waals surface area contributed by atoms with Gasteiger partial charge in [-0.3, -0.25) is 14.4 Å². The summed E-state index contributed by atoms with van der Waals surface area (Å²) in [5, 5.41) is 12.5. The molecule has 52 heavy (non-hydrogen) atoms. The van der Waals surface area contributed by atoms with E-state index in [1.54, 1.807) is 38.1 Å². The van der Waals surface area contributed by atoms with Crippen LogP contribution < -0.4 is 20.7 Å². The highest BCUT2D eigenvalue weighted by Gasteiger charge is 2.48. The number of methoxy groups -OCH3 is 1. The van der Waals surface area contributed by atoms with E-state index in [1.807, 2.05) is 52.0 Å². The Hall–Kier alpha value is -4.58. The molecular weight excluding hydrogens is 688 g/mol. The van der Waals surface area contributed by atoms with Crippen LogP contribution in [0, 0.1) is 16.7 Å². The summed E-state index contributed by atoms with van der Waals surface area (Å²) in [5.41, 5.74) is 9.64. The Bertz CT molecular complexity index is 1700. The Morgan fingerprint density at radius 1 is 1.06 bits per heavy atom. The minimum absolute atomic E-state index is 0.0624. The van der Waals surface area contributed by atoms with E-state index in [1.165, 1.54) is 13.2 Å². The van der Waals surface area contributed by atoms with Crippen molar-refractivity contribution < 1.29 is 33.4 Å². The maximum atomic E-state index is 13.9. The van der Waals surface area contributed by atoms with E-state index in [0.29, 0.717) is 22.8 Å². The van der Waals surface area contributed by atoms with Gasteiger partial charge in [0.25, 0.3) is 0 Å². The summed E-state index contributed by atoms with van der Waals surface area (Å²) in [6, 6.07) is 10.7. The van der Waals surface area contributed by atoms with Crippen LogP contribution in [0.5, 0.6) is 5.75 Å². The molecule has 0 radical (unpaired) electrons. The Labute approximate surface area is 309 Å². The molecule has 1 unspecified atom stereocenters. The van der Waals surface area contributed by atoms with Crippen LogP contribution in [0.4, 0.5) is 0 Å². The van der Waals surface area contributed by atoms with Crippen molar-refractivity contribution in [1.29, 1.82) is 0 Å². The summed E-state index contributed by atoms with van der Waals surface area (Å²) in [6.07, 6.45) is 2.29. The molecule has 2 aliphatic heterocycles. The zero-order valence-corrected chi connectivity index (χ0v) is 31.5. The van der Waals surface area contributed by atoms with Gasteiger partial charge in [0.1, 0.15) is 30.0 Å². The number of hydrogen-bond donors (Lipinski definition) is 3. The molecule has 3 amide bonds. The second kappa shape index (κ2) is 17.3. The molecule has 13 nitrogen and oxygen atoms in total. The third kappa shape index (κ3) is 11.2. The summed E-state index contributed by atoms with van der Waals surface area (Å²) in [5.74, 6) is -1.86. The number of epoxide rings is 1. The summed E-state index contributed by atoms with van der Waals surface area (Å²) in [4.78, 5) is 57.2. The molecule has 0 saturated carbocycles. The fourth-order valence-electron chi connectivity index (χ4n) is 6.01. The largest absolute Gasteiger partial charge is 0.495 e. The van der Waals surface area contributed by atoms with Crippen molar-refractivity contribution in [2.24, 2.45) is 21.9 Å². The number of carbonyl (C=O) groups is 4. The van der Waals surface area contributed by atoms with Crippen molar-refractivity contribution >= 4 is 35.3 Å². The van der Waals surface area contributed by atoms with Gasteiger partial charge in [-0.05, 0) is 66.1 Å². The molecular formula is C38H49ClN6O7. The minimum Gasteiger partial charge on any atom is -0.495 e. The molecule has 2 heterocycles. The van der Waals surface area contributed by atoms with Gasteiger partial charge in [-0.1, -0.05) is 80.8 Å². The first-order chi connectivity index (χ1) is 24.5. The minimum atomic E-state index is -1.13. The zero-order valence-electron chi connectivity index (χ0n) is 30.8. The fourth-order valence-corrected chi connectivity index (χ4v) is 6.29.